The molecule has 4 rings (SSSR count). The van der Waals surface area contributed by atoms with E-state index in [9.17, 15) is 14.5 Å². The first-order valence-corrected chi connectivity index (χ1v) is 12.3. The number of rotatable bonds is 6. The lowest BCUT2D eigenvalue weighted by molar-refractivity contribution is 0.200. The number of anilines is 1. The normalized spacial score (nSPS) is 16.6. The van der Waals surface area contributed by atoms with E-state index in [1.54, 1.807) is 18.3 Å². The lowest BCUT2D eigenvalue weighted by atomic mass is 10.0. The summed E-state index contributed by atoms with van der Waals surface area (Å²) in [6, 6.07) is 3.40. The van der Waals surface area contributed by atoms with Gasteiger partial charge in [-0.05, 0) is 69.8 Å². The molecule has 0 aromatic carbocycles. The highest BCUT2D eigenvalue weighted by molar-refractivity contribution is 7.91. The van der Waals surface area contributed by atoms with Crippen LogP contribution in [-0.2, 0) is 23.3 Å². The third-order valence-corrected chi connectivity index (χ3v) is 8.27. The van der Waals surface area contributed by atoms with Crippen molar-refractivity contribution in [1.29, 1.82) is 0 Å². The Balaban J connectivity index is 1.79. The highest BCUT2D eigenvalue weighted by Crippen LogP contribution is 2.53. The maximum absolute atomic E-state index is 12.4. The van der Waals surface area contributed by atoms with Gasteiger partial charge in [0.1, 0.15) is 21.9 Å². The Morgan fingerprint density at radius 1 is 1.47 bits per heavy atom. The minimum atomic E-state index is -1.35. The molecule has 11 heteroatoms. The van der Waals surface area contributed by atoms with Crippen molar-refractivity contribution in [2.75, 3.05) is 4.90 Å². The summed E-state index contributed by atoms with van der Waals surface area (Å²) in [6.45, 7) is 7.58. The number of carboxylic acid groups (broad SMARTS) is 1. The molecule has 0 aliphatic heterocycles. The number of hydrogen-bond acceptors (Lipinski definition) is 7. The van der Waals surface area contributed by atoms with Gasteiger partial charge in [-0.2, -0.15) is 4.98 Å². The largest absolute Gasteiger partial charge is 0.591 e. The molecule has 3 aromatic rings. The molecule has 1 aliphatic rings. The smallest absolute Gasteiger partial charge is 0.413 e. The summed E-state index contributed by atoms with van der Waals surface area (Å²) in [7, 11) is 0. The van der Waals surface area contributed by atoms with Gasteiger partial charge in [0, 0.05) is 10.3 Å². The number of furan rings is 1. The first-order chi connectivity index (χ1) is 15.0. The second-order valence-electron chi connectivity index (χ2n) is 8.75. The zero-order valence-corrected chi connectivity index (χ0v) is 20.5. The number of thiophene rings is 1. The summed E-state index contributed by atoms with van der Waals surface area (Å²) in [5.74, 6) is 0.702. The van der Waals surface area contributed by atoms with E-state index in [0.717, 1.165) is 28.2 Å². The number of aromatic nitrogens is 2. The van der Waals surface area contributed by atoms with Crippen molar-refractivity contribution in [3.8, 4) is 0 Å². The SMILES string of the molecule is Cc1c(C2(/C=N/[S+]([O-])C(C)(C)C)CC2)sc2c(N(Cc3ccco3)C(=O)O)nc(Cl)nc12. The fourth-order valence-corrected chi connectivity index (χ4v) is 5.59. The first-order valence-electron chi connectivity index (χ1n) is 9.99. The minimum absolute atomic E-state index is 0.00573. The maximum atomic E-state index is 12.4. The van der Waals surface area contributed by atoms with Gasteiger partial charge in [-0.1, -0.05) is 4.40 Å². The molecule has 170 valence electrons. The van der Waals surface area contributed by atoms with Gasteiger partial charge in [0.15, 0.2) is 5.82 Å². The van der Waals surface area contributed by atoms with Crippen LogP contribution in [0.25, 0.3) is 10.2 Å². The van der Waals surface area contributed by atoms with Crippen LogP contribution in [0, 0.1) is 6.92 Å². The van der Waals surface area contributed by atoms with Crippen molar-refractivity contribution in [2.24, 2.45) is 4.40 Å². The number of carbonyl (C=O) groups is 1. The van der Waals surface area contributed by atoms with Crippen molar-refractivity contribution in [2.45, 2.75) is 57.2 Å². The van der Waals surface area contributed by atoms with E-state index in [1.165, 1.54) is 17.6 Å². The van der Waals surface area contributed by atoms with Crippen molar-refractivity contribution in [1.82, 2.24) is 9.97 Å². The molecule has 1 amide bonds. The quantitative estimate of drug-likeness (QED) is 0.275. The van der Waals surface area contributed by atoms with Crippen LogP contribution < -0.4 is 4.90 Å². The predicted octanol–water partition coefficient (Wildman–Crippen LogP) is 5.50. The standard InChI is InChI=1S/C21H23ClN4O4S2/c1-12-14-15(31-16(12)21(7-8-21)11-23-32(29)20(2,3)4)17(25-18(22)24-14)26(19(27)28)10-13-6-5-9-30-13/h5-6,9,11H,7-8,10H2,1-4H3,(H,27,28)/b23-11+. The second-order valence-corrected chi connectivity index (χ2v) is 12.0. The van der Waals surface area contributed by atoms with Gasteiger partial charge in [0.2, 0.25) is 5.28 Å². The molecule has 0 saturated heterocycles. The van der Waals surface area contributed by atoms with Crippen LogP contribution >= 0.6 is 22.9 Å². The van der Waals surface area contributed by atoms with Gasteiger partial charge in [-0.3, -0.25) is 4.90 Å². The number of amides is 1. The van der Waals surface area contributed by atoms with Crippen molar-refractivity contribution in [3.63, 3.8) is 0 Å². The van der Waals surface area contributed by atoms with Gasteiger partial charge in [-0.15, -0.1) is 11.3 Å². The third-order valence-electron chi connectivity index (χ3n) is 5.26. The molecule has 3 aromatic heterocycles. The number of fused-ring (bicyclic) bond motifs is 1. The van der Waals surface area contributed by atoms with Gasteiger partial charge >= 0.3 is 6.09 Å². The summed E-state index contributed by atoms with van der Waals surface area (Å²) in [6.07, 6.45) is 3.85. The Labute approximate surface area is 197 Å². The van der Waals surface area contributed by atoms with Crippen LogP contribution in [0.5, 0.6) is 0 Å². The van der Waals surface area contributed by atoms with E-state index in [1.807, 2.05) is 27.7 Å². The van der Waals surface area contributed by atoms with Crippen LogP contribution in [0.15, 0.2) is 27.2 Å². The van der Waals surface area contributed by atoms with Crippen LogP contribution in [0.4, 0.5) is 10.6 Å². The molecular formula is C21H23ClN4O4S2. The van der Waals surface area contributed by atoms with Crippen LogP contribution in [0.2, 0.25) is 5.28 Å². The summed E-state index contributed by atoms with van der Waals surface area (Å²) in [5, 5.41) is 9.85. The highest BCUT2D eigenvalue weighted by atomic mass is 35.5. The average molecular weight is 495 g/mol. The van der Waals surface area contributed by atoms with Gasteiger partial charge < -0.3 is 14.1 Å². The Morgan fingerprint density at radius 3 is 2.75 bits per heavy atom. The van der Waals surface area contributed by atoms with Gasteiger partial charge in [0.05, 0.1) is 29.2 Å². The van der Waals surface area contributed by atoms with E-state index in [-0.39, 0.29) is 23.1 Å². The number of hydrogen-bond donors (Lipinski definition) is 1. The first kappa shape index (κ1) is 23.0. The van der Waals surface area contributed by atoms with E-state index in [4.69, 9.17) is 16.0 Å². The molecule has 1 fully saturated rings. The van der Waals surface area contributed by atoms with Crippen molar-refractivity contribution >= 4 is 62.6 Å². The Kier molecular flexibility index (Phi) is 6.00. The van der Waals surface area contributed by atoms with Crippen LogP contribution in [-0.4, -0.2) is 36.7 Å². The molecule has 8 nitrogen and oxygen atoms in total. The van der Waals surface area contributed by atoms with E-state index in [0.29, 0.717) is 16.0 Å². The summed E-state index contributed by atoms with van der Waals surface area (Å²) >= 11 is 6.27. The Bertz CT molecular complexity index is 1180. The fraction of sp³-hybridized carbons (Fsp3) is 0.429. The number of aryl methyl sites for hydroxylation is 1. The molecule has 1 N–H and O–H groups in total. The van der Waals surface area contributed by atoms with E-state index < -0.39 is 22.2 Å². The summed E-state index contributed by atoms with van der Waals surface area (Å²) < 4.78 is 22.3. The average Bonchev–Trinajstić information content (AvgIpc) is 3.16. The van der Waals surface area contributed by atoms with Crippen molar-refractivity contribution < 1.29 is 18.9 Å². The van der Waals surface area contributed by atoms with Crippen LogP contribution in [0.1, 0.15) is 49.8 Å². The lowest BCUT2D eigenvalue weighted by Crippen LogP contribution is -2.29. The van der Waals surface area contributed by atoms with E-state index in [2.05, 4.69) is 14.4 Å². The maximum Gasteiger partial charge on any atom is 0.413 e. The Morgan fingerprint density at radius 2 is 2.19 bits per heavy atom. The fourth-order valence-electron chi connectivity index (χ4n) is 3.35. The molecule has 1 saturated carbocycles. The lowest BCUT2D eigenvalue weighted by Gasteiger charge is -2.18. The summed E-state index contributed by atoms with van der Waals surface area (Å²) in [4.78, 5) is 22.8. The molecular weight excluding hydrogens is 472 g/mol. The molecule has 1 atom stereocenters. The summed E-state index contributed by atoms with van der Waals surface area (Å²) in [5.41, 5.74) is 1.20. The van der Waals surface area contributed by atoms with E-state index >= 15 is 0 Å². The zero-order valence-electron chi connectivity index (χ0n) is 18.1. The topological polar surface area (TPSA) is 115 Å². The second kappa shape index (κ2) is 8.33. The predicted molar refractivity (Wildman–Crippen MR) is 127 cm³/mol. The van der Waals surface area contributed by atoms with Crippen LogP contribution in [0.3, 0.4) is 0 Å². The molecule has 0 spiro atoms. The molecule has 3 heterocycles. The molecule has 0 radical (unpaired) electrons. The molecule has 0 bridgehead atoms. The molecule has 32 heavy (non-hydrogen) atoms. The monoisotopic (exact) mass is 494 g/mol. The Hall–Kier alpha value is -2.14. The highest BCUT2D eigenvalue weighted by Gasteiger charge is 2.47. The third kappa shape index (κ3) is 4.36. The zero-order chi connectivity index (χ0) is 23.3. The van der Waals surface area contributed by atoms with Crippen molar-refractivity contribution in [3.05, 3.63) is 39.9 Å². The number of halogens is 1. The minimum Gasteiger partial charge on any atom is -0.591 e. The van der Waals surface area contributed by atoms with Gasteiger partial charge in [-0.25, -0.2) is 9.78 Å². The van der Waals surface area contributed by atoms with Gasteiger partial charge in [0.25, 0.3) is 0 Å². The molecule has 1 unspecified atom stereocenters. The number of nitrogens with zero attached hydrogens (tertiary/aromatic N) is 4. The molecule has 1 aliphatic carbocycles.